The molecule has 0 fully saturated rings. The number of rotatable bonds is 8. The monoisotopic (exact) mass is 308 g/mol. The van der Waals surface area contributed by atoms with Crippen molar-refractivity contribution in [3.8, 4) is 0 Å². The van der Waals surface area contributed by atoms with E-state index in [1.54, 1.807) is 30.3 Å². The van der Waals surface area contributed by atoms with Gasteiger partial charge in [-0.15, -0.1) is 0 Å². The molecule has 1 aromatic rings. The van der Waals surface area contributed by atoms with E-state index in [1.165, 1.54) is 0 Å². The maximum atomic E-state index is 13.0. The Morgan fingerprint density at radius 3 is 2.45 bits per heavy atom. The van der Waals surface area contributed by atoms with E-state index in [4.69, 9.17) is 0 Å². The van der Waals surface area contributed by atoms with Gasteiger partial charge in [-0.05, 0) is 19.3 Å². The highest BCUT2D eigenvalue weighted by Crippen LogP contribution is 2.26. The summed E-state index contributed by atoms with van der Waals surface area (Å²) >= 11 is 1.07. The fourth-order valence-corrected chi connectivity index (χ4v) is 2.38. The lowest BCUT2D eigenvalue weighted by atomic mass is 10.1. The molecule has 1 aromatic carbocycles. The van der Waals surface area contributed by atoms with Crippen molar-refractivity contribution in [2.24, 2.45) is 0 Å². The Bertz CT molecular complexity index is 411. The zero-order chi connectivity index (χ0) is 15.0. The second-order valence-corrected chi connectivity index (χ2v) is 5.43. The maximum absolute atomic E-state index is 13.0. The molecule has 0 amide bonds. The first-order chi connectivity index (χ1) is 9.47. The van der Waals surface area contributed by atoms with Gasteiger partial charge in [0, 0.05) is 11.3 Å². The molecule has 1 nitrogen and oxygen atoms in total. The SMILES string of the molecule is O=C(SCCCCC(F)C(F)(F)CF)c1ccccc1. The van der Waals surface area contributed by atoms with Crippen molar-refractivity contribution >= 4 is 16.9 Å². The quantitative estimate of drug-likeness (QED) is 0.512. The molecule has 0 aliphatic heterocycles. The van der Waals surface area contributed by atoms with Crippen LogP contribution in [0.3, 0.4) is 0 Å². The van der Waals surface area contributed by atoms with Crippen molar-refractivity contribution < 1.29 is 22.4 Å². The van der Waals surface area contributed by atoms with E-state index in [2.05, 4.69) is 0 Å². The van der Waals surface area contributed by atoms with Crippen LogP contribution >= 0.6 is 11.8 Å². The highest BCUT2D eigenvalue weighted by atomic mass is 32.2. The lowest BCUT2D eigenvalue weighted by Crippen LogP contribution is -2.32. The summed E-state index contributed by atoms with van der Waals surface area (Å²) in [5, 5.41) is -0.100. The van der Waals surface area contributed by atoms with Crippen LogP contribution in [0.2, 0.25) is 0 Å². The first-order valence-electron chi connectivity index (χ1n) is 6.27. The minimum atomic E-state index is -3.90. The van der Waals surface area contributed by atoms with Crippen molar-refractivity contribution in [2.45, 2.75) is 31.4 Å². The van der Waals surface area contributed by atoms with Crippen LogP contribution in [-0.4, -0.2) is 29.6 Å². The number of benzene rings is 1. The first kappa shape index (κ1) is 17.0. The van der Waals surface area contributed by atoms with Crippen LogP contribution in [0.5, 0.6) is 0 Å². The summed E-state index contributed by atoms with van der Waals surface area (Å²) in [7, 11) is 0. The molecule has 0 radical (unpaired) electrons. The molecule has 0 aromatic heterocycles. The van der Waals surface area contributed by atoms with E-state index in [0.717, 1.165) is 11.8 Å². The Kier molecular flexibility index (Phi) is 7.05. The molecule has 1 atom stereocenters. The Morgan fingerprint density at radius 1 is 1.20 bits per heavy atom. The van der Waals surface area contributed by atoms with Gasteiger partial charge in [0.15, 0.2) is 12.8 Å². The molecular formula is C14H16F4OS. The molecule has 1 rings (SSSR count). The number of thioether (sulfide) groups is 1. The largest absolute Gasteiger partial charge is 0.306 e. The van der Waals surface area contributed by atoms with Crippen LogP contribution in [-0.2, 0) is 0 Å². The Labute approximate surface area is 119 Å². The van der Waals surface area contributed by atoms with Crippen molar-refractivity contribution in [3.05, 3.63) is 35.9 Å². The molecule has 112 valence electrons. The Hall–Kier alpha value is -1.04. The predicted octanol–water partition coefficient (Wildman–Crippen LogP) is 4.67. The highest BCUT2D eigenvalue weighted by molar-refractivity contribution is 8.14. The smallest absolute Gasteiger partial charge is 0.282 e. The van der Waals surface area contributed by atoms with Crippen LogP contribution in [0.25, 0.3) is 0 Å². The van der Waals surface area contributed by atoms with Gasteiger partial charge < -0.3 is 0 Å². The molecule has 0 N–H and O–H groups in total. The molecule has 0 aliphatic carbocycles. The third-order valence-electron chi connectivity index (χ3n) is 2.73. The van der Waals surface area contributed by atoms with Gasteiger partial charge in [-0.1, -0.05) is 42.1 Å². The lowest BCUT2D eigenvalue weighted by Gasteiger charge is -2.16. The van der Waals surface area contributed by atoms with Crippen molar-refractivity contribution in [1.29, 1.82) is 0 Å². The van der Waals surface area contributed by atoms with Crippen LogP contribution in [0.4, 0.5) is 17.6 Å². The number of hydrogen-bond donors (Lipinski definition) is 0. The average Bonchev–Trinajstić information content (AvgIpc) is 2.47. The van der Waals surface area contributed by atoms with Gasteiger partial charge in [-0.2, -0.15) is 0 Å². The second-order valence-electron chi connectivity index (χ2n) is 4.36. The van der Waals surface area contributed by atoms with E-state index >= 15 is 0 Å². The van der Waals surface area contributed by atoms with Crippen LogP contribution in [0, 0.1) is 0 Å². The van der Waals surface area contributed by atoms with E-state index in [9.17, 15) is 22.4 Å². The minimum absolute atomic E-state index is 0.100. The van der Waals surface area contributed by atoms with E-state index < -0.39 is 25.2 Å². The topological polar surface area (TPSA) is 17.1 Å². The van der Waals surface area contributed by atoms with Gasteiger partial charge in [0.25, 0.3) is 0 Å². The Balaban J connectivity index is 2.18. The average molecular weight is 308 g/mol. The number of alkyl halides is 4. The molecule has 0 saturated carbocycles. The zero-order valence-electron chi connectivity index (χ0n) is 10.8. The number of carbonyl (C=O) groups excluding carboxylic acids is 1. The van der Waals surface area contributed by atoms with Crippen LogP contribution in [0.15, 0.2) is 30.3 Å². The van der Waals surface area contributed by atoms with Crippen molar-refractivity contribution in [3.63, 3.8) is 0 Å². The van der Waals surface area contributed by atoms with Gasteiger partial charge in [0.05, 0.1) is 0 Å². The standard InChI is InChI=1S/C14H16F4OS/c15-10-14(17,18)12(16)8-4-5-9-20-13(19)11-6-2-1-3-7-11/h1-3,6-7,12H,4-5,8-10H2. The molecule has 0 spiro atoms. The summed E-state index contributed by atoms with van der Waals surface area (Å²) < 4.78 is 50.0. The van der Waals surface area contributed by atoms with E-state index in [0.29, 0.717) is 17.7 Å². The van der Waals surface area contributed by atoms with Gasteiger partial charge in [-0.25, -0.2) is 17.6 Å². The number of unbranched alkanes of at least 4 members (excludes halogenated alkanes) is 1. The van der Waals surface area contributed by atoms with Gasteiger partial charge >= 0.3 is 5.92 Å². The summed E-state index contributed by atoms with van der Waals surface area (Å²) in [6, 6.07) is 8.68. The fraction of sp³-hybridized carbons (Fsp3) is 0.500. The summed E-state index contributed by atoms with van der Waals surface area (Å²) in [6.45, 7) is -1.98. The van der Waals surface area contributed by atoms with Gasteiger partial charge in [0.1, 0.15) is 0 Å². The molecule has 0 aliphatic rings. The van der Waals surface area contributed by atoms with Gasteiger partial charge in [0.2, 0.25) is 5.12 Å². The number of halogens is 4. The first-order valence-corrected chi connectivity index (χ1v) is 7.26. The fourth-order valence-electron chi connectivity index (χ4n) is 1.54. The molecule has 0 saturated heterocycles. The molecule has 20 heavy (non-hydrogen) atoms. The van der Waals surface area contributed by atoms with E-state index in [-0.39, 0.29) is 11.5 Å². The second kappa shape index (κ2) is 8.29. The summed E-state index contributed by atoms with van der Waals surface area (Å²) in [4.78, 5) is 11.7. The highest BCUT2D eigenvalue weighted by Gasteiger charge is 2.39. The Morgan fingerprint density at radius 2 is 1.85 bits per heavy atom. The predicted molar refractivity (Wildman–Crippen MR) is 72.9 cm³/mol. The molecule has 6 heteroatoms. The third-order valence-corrected chi connectivity index (χ3v) is 3.72. The third kappa shape index (κ3) is 5.53. The van der Waals surface area contributed by atoms with Crippen LogP contribution in [0.1, 0.15) is 29.6 Å². The molecule has 0 bridgehead atoms. The minimum Gasteiger partial charge on any atom is -0.282 e. The van der Waals surface area contributed by atoms with Crippen molar-refractivity contribution in [1.82, 2.24) is 0 Å². The maximum Gasteiger partial charge on any atom is 0.306 e. The molecule has 1 unspecified atom stereocenters. The van der Waals surface area contributed by atoms with Gasteiger partial charge in [-0.3, -0.25) is 4.79 Å². The van der Waals surface area contributed by atoms with E-state index in [1.807, 2.05) is 0 Å². The number of hydrogen-bond acceptors (Lipinski definition) is 2. The number of carbonyl (C=O) groups is 1. The normalized spacial score (nSPS) is 13.2. The lowest BCUT2D eigenvalue weighted by molar-refractivity contribution is -0.0905. The molecule has 0 heterocycles. The summed E-state index contributed by atoms with van der Waals surface area (Å²) in [5.41, 5.74) is 0.574. The molecular weight excluding hydrogens is 292 g/mol. The van der Waals surface area contributed by atoms with Crippen LogP contribution < -0.4 is 0 Å². The summed E-state index contributed by atoms with van der Waals surface area (Å²) in [6.07, 6.45) is -2.21. The van der Waals surface area contributed by atoms with Crippen molar-refractivity contribution in [2.75, 3.05) is 12.4 Å². The zero-order valence-corrected chi connectivity index (χ0v) is 11.6. The summed E-state index contributed by atoms with van der Waals surface area (Å²) in [5.74, 6) is -3.46.